The molecule has 1 aliphatic rings. The van der Waals surface area contributed by atoms with E-state index in [-0.39, 0.29) is 18.2 Å². The minimum absolute atomic E-state index is 0.0897. The van der Waals surface area contributed by atoms with Crippen LogP contribution < -0.4 is 10.2 Å². The van der Waals surface area contributed by atoms with Gasteiger partial charge in [-0.05, 0) is 36.4 Å². The molecule has 0 radical (unpaired) electrons. The van der Waals surface area contributed by atoms with Gasteiger partial charge in [-0.25, -0.2) is 0 Å². The van der Waals surface area contributed by atoms with Gasteiger partial charge in [0.2, 0.25) is 11.8 Å². The van der Waals surface area contributed by atoms with Gasteiger partial charge < -0.3 is 10.2 Å². The molecule has 1 N–H and O–H groups in total. The van der Waals surface area contributed by atoms with Gasteiger partial charge in [0.15, 0.2) is 0 Å². The first-order valence-electron chi connectivity index (χ1n) is 8.61. The van der Waals surface area contributed by atoms with E-state index in [2.05, 4.69) is 10.3 Å². The number of para-hydroxylation sites is 1. The van der Waals surface area contributed by atoms with Crippen LogP contribution in [0.2, 0.25) is 0 Å². The van der Waals surface area contributed by atoms with Crippen molar-refractivity contribution in [3.63, 3.8) is 0 Å². The van der Waals surface area contributed by atoms with Crippen LogP contribution in [0.1, 0.15) is 12.0 Å². The van der Waals surface area contributed by atoms with Gasteiger partial charge >= 0.3 is 0 Å². The van der Waals surface area contributed by atoms with Crippen molar-refractivity contribution in [2.24, 2.45) is 5.92 Å². The van der Waals surface area contributed by atoms with Gasteiger partial charge in [0.1, 0.15) is 0 Å². The van der Waals surface area contributed by atoms with Crippen molar-refractivity contribution in [3.05, 3.63) is 66.4 Å². The van der Waals surface area contributed by atoms with Crippen LogP contribution in [0.25, 0.3) is 10.9 Å². The van der Waals surface area contributed by atoms with E-state index in [4.69, 9.17) is 5.26 Å². The molecule has 1 aromatic heterocycles. The zero-order chi connectivity index (χ0) is 18.8. The van der Waals surface area contributed by atoms with Crippen molar-refractivity contribution in [1.29, 1.82) is 5.26 Å². The van der Waals surface area contributed by atoms with Crippen molar-refractivity contribution in [2.75, 3.05) is 16.8 Å². The molecule has 1 saturated heterocycles. The number of anilines is 2. The van der Waals surface area contributed by atoms with E-state index in [1.54, 1.807) is 35.4 Å². The average molecular weight is 356 g/mol. The number of aromatic nitrogens is 1. The summed E-state index contributed by atoms with van der Waals surface area (Å²) in [6, 6.07) is 18.2. The van der Waals surface area contributed by atoms with Crippen LogP contribution in [0, 0.1) is 17.2 Å². The Hall–Kier alpha value is -3.72. The first-order valence-corrected chi connectivity index (χ1v) is 8.61. The van der Waals surface area contributed by atoms with Crippen molar-refractivity contribution >= 4 is 34.1 Å². The molecule has 2 heterocycles. The molecular formula is C21H16N4O2. The van der Waals surface area contributed by atoms with Crippen molar-refractivity contribution in [1.82, 2.24) is 4.98 Å². The van der Waals surface area contributed by atoms with Gasteiger partial charge in [0, 0.05) is 30.2 Å². The fraction of sp³-hybridized carbons (Fsp3) is 0.143. The lowest BCUT2D eigenvalue weighted by molar-refractivity contribution is -0.122. The minimum atomic E-state index is -0.438. The summed E-state index contributed by atoms with van der Waals surface area (Å²) >= 11 is 0. The van der Waals surface area contributed by atoms with E-state index in [0.29, 0.717) is 17.8 Å². The second-order valence-corrected chi connectivity index (χ2v) is 6.44. The van der Waals surface area contributed by atoms with Crippen LogP contribution in [0.3, 0.4) is 0 Å². The predicted molar refractivity (Wildman–Crippen MR) is 102 cm³/mol. The molecule has 27 heavy (non-hydrogen) atoms. The molecule has 6 heteroatoms. The Balaban J connectivity index is 1.53. The second kappa shape index (κ2) is 6.89. The first-order chi connectivity index (χ1) is 13.2. The van der Waals surface area contributed by atoms with E-state index >= 15 is 0 Å². The number of hydrogen-bond donors (Lipinski definition) is 1. The Morgan fingerprint density at radius 1 is 1.15 bits per heavy atom. The zero-order valence-corrected chi connectivity index (χ0v) is 14.4. The van der Waals surface area contributed by atoms with Crippen LogP contribution in [0.4, 0.5) is 11.4 Å². The molecule has 132 valence electrons. The maximum Gasteiger partial charge on any atom is 0.229 e. The molecule has 2 aromatic carbocycles. The van der Waals surface area contributed by atoms with E-state index in [0.717, 1.165) is 16.6 Å². The highest BCUT2D eigenvalue weighted by Gasteiger charge is 2.36. The Labute approximate surface area is 156 Å². The number of nitrogens with one attached hydrogen (secondary N) is 1. The highest BCUT2D eigenvalue weighted by Crippen LogP contribution is 2.31. The molecule has 1 atom stereocenters. The zero-order valence-electron chi connectivity index (χ0n) is 14.4. The number of amides is 2. The van der Waals surface area contributed by atoms with Crippen molar-refractivity contribution in [3.8, 4) is 6.07 Å². The van der Waals surface area contributed by atoms with Crippen molar-refractivity contribution in [2.45, 2.75) is 6.42 Å². The van der Waals surface area contributed by atoms with Crippen LogP contribution in [-0.2, 0) is 9.59 Å². The number of carbonyl (C=O) groups is 2. The monoisotopic (exact) mass is 356 g/mol. The minimum Gasteiger partial charge on any atom is -0.326 e. The number of benzene rings is 2. The molecule has 3 aromatic rings. The standard InChI is InChI=1S/C21H16N4O2/c22-12-14-6-8-17(9-7-14)24-21(27)16-11-19(26)25(13-16)18-5-1-3-15-4-2-10-23-20(15)18/h1-10,16H,11,13H2,(H,24,27). The largest absolute Gasteiger partial charge is 0.326 e. The number of nitriles is 1. The number of hydrogen-bond acceptors (Lipinski definition) is 4. The second-order valence-electron chi connectivity index (χ2n) is 6.44. The smallest absolute Gasteiger partial charge is 0.229 e. The molecular weight excluding hydrogens is 340 g/mol. The van der Waals surface area contributed by atoms with E-state index in [1.165, 1.54) is 0 Å². The molecule has 2 amide bonds. The summed E-state index contributed by atoms with van der Waals surface area (Å²) < 4.78 is 0. The summed E-state index contributed by atoms with van der Waals surface area (Å²) in [4.78, 5) is 31.2. The Kier molecular flexibility index (Phi) is 4.27. The van der Waals surface area contributed by atoms with Gasteiger partial charge in [0.25, 0.3) is 0 Å². The van der Waals surface area contributed by atoms with E-state index < -0.39 is 5.92 Å². The van der Waals surface area contributed by atoms with Gasteiger partial charge in [0.05, 0.1) is 28.8 Å². The number of carbonyl (C=O) groups excluding carboxylic acids is 2. The fourth-order valence-corrected chi connectivity index (χ4v) is 3.29. The normalized spacial score (nSPS) is 16.3. The number of fused-ring (bicyclic) bond motifs is 1. The third-order valence-corrected chi connectivity index (χ3v) is 4.68. The van der Waals surface area contributed by atoms with Crippen LogP contribution >= 0.6 is 0 Å². The lowest BCUT2D eigenvalue weighted by Gasteiger charge is -2.18. The lowest BCUT2D eigenvalue weighted by Crippen LogP contribution is -2.28. The Morgan fingerprint density at radius 3 is 2.70 bits per heavy atom. The van der Waals surface area contributed by atoms with Crippen molar-refractivity contribution < 1.29 is 9.59 Å². The van der Waals surface area contributed by atoms with Crippen LogP contribution in [0.15, 0.2) is 60.8 Å². The molecule has 0 aliphatic carbocycles. The van der Waals surface area contributed by atoms with Gasteiger partial charge in [-0.1, -0.05) is 18.2 Å². The maximum absolute atomic E-state index is 12.6. The van der Waals surface area contributed by atoms with Gasteiger partial charge in [-0.3, -0.25) is 14.6 Å². The molecule has 1 unspecified atom stereocenters. The van der Waals surface area contributed by atoms with E-state index in [9.17, 15) is 9.59 Å². The SMILES string of the molecule is N#Cc1ccc(NC(=O)C2CC(=O)N(c3cccc4cccnc34)C2)cc1. The molecule has 6 nitrogen and oxygen atoms in total. The molecule has 1 fully saturated rings. The van der Waals surface area contributed by atoms with Gasteiger partial charge in [-0.15, -0.1) is 0 Å². The number of nitrogens with zero attached hydrogens (tertiary/aromatic N) is 3. The molecule has 1 aliphatic heterocycles. The summed E-state index contributed by atoms with van der Waals surface area (Å²) in [7, 11) is 0. The summed E-state index contributed by atoms with van der Waals surface area (Å²) in [5, 5.41) is 12.6. The summed E-state index contributed by atoms with van der Waals surface area (Å²) in [5.41, 5.74) is 2.61. The summed E-state index contributed by atoms with van der Waals surface area (Å²) in [5.74, 6) is -0.732. The first kappa shape index (κ1) is 16.7. The topological polar surface area (TPSA) is 86.1 Å². The molecule has 0 saturated carbocycles. The number of pyridine rings is 1. The summed E-state index contributed by atoms with van der Waals surface area (Å²) in [6.07, 6.45) is 1.85. The molecule has 0 bridgehead atoms. The predicted octanol–water partition coefficient (Wildman–Crippen LogP) is 3.10. The fourth-order valence-electron chi connectivity index (χ4n) is 3.29. The number of rotatable bonds is 3. The Bertz CT molecular complexity index is 1060. The third-order valence-electron chi connectivity index (χ3n) is 4.68. The Morgan fingerprint density at radius 2 is 1.93 bits per heavy atom. The molecule has 4 rings (SSSR count). The average Bonchev–Trinajstić information content (AvgIpc) is 3.10. The van der Waals surface area contributed by atoms with Crippen LogP contribution in [0.5, 0.6) is 0 Å². The maximum atomic E-state index is 12.6. The van der Waals surface area contributed by atoms with E-state index in [1.807, 2.05) is 36.4 Å². The van der Waals surface area contributed by atoms with Crippen LogP contribution in [-0.4, -0.2) is 23.3 Å². The summed E-state index contributed by atoms with van der Waals surface area (Å²) in [6.45, 7) is 0.316. The molecule has 0 spiro atoms. The lowest BCUT2D eigenvalue weighted by atomic mass is 10.1. The third kappa shape index (κ3) is 3.23. The highest BCUT2D eigenvalue weighted by molar-refractivity contribution is 6.07. The highest BCUT2D eigenvalue weighted by atomic mass is 16.2. The quantitative estimate of drug-likeness (QED) is 0.781. The van der Waals surface area contributed by atoms with Gasteiger partial charge in [-0.2, -0.15) is 5.26 Å².